The molecule has 1 heterocycles. The van der Waals surface area contributed by atoms with Crippen molar-refractivity contribution in [2.45, 2.75) is 33.9 Å². The summed E-state index contributed by atoms with van der Waals surface area (Å²) in [6.45, 7) is 7.37. The number of hydrogen-bond acceptors (Lipinski definition) is 2. The largest absolute Gasteiger partial charge is 0.331 e. The van der Waals surface area contributed by atoms with Crippen LogP contribution in [-0.2, 0) is 13.1 Å². The first kappa shape index (κ1) is 20.7. The molecule has 2 aromatic carbocycles. The summed E-state index contributed by atoms with van der Waals surface area (Å²) in [5.41, 5.74) is 2.36. The van der Waals surface area contributed by atoms with Crippen LogP contribution in [0.3, 0.4) is 0 Å². The third kappa shape index (κ3) is 5.28. The number of halogens is 2. The van der Waals surface area contributed by atoms with Crippen molar-refractivity contribution < 1.29 is 13.6 Å². The van der Waals surface area contributed by atoms with Crippen molar-refractivity contribution in [2.24, 2.45) is 5.92 Å². The van der Waals surface area contributed by atoms with Crippen molar-refractivity contribution in [3.63, 3.8) is 0 Å². The number of benzene rings is 2. The molecular weight excluding hydrogens is 372 g/mol. The Labute approximate surface area is 169 Å². The summed E-state index contributed by atoms with van der Waals surface area (Å²) in [4.78, 5) is 19.2. The number of aryl methyl sites for hydroxylation is 1. The van der Waals surface area contributed by atoms with Gasteiger partial charge in [-0.3, -0.25) is 4.79 Å². The van der Waals surface area contributed by atoms with E-state index in [1.807, 2.05) is 35.8 Å². The molecule has 0 N–H and O–H groups in total. The van der Waals surface area contributed by atoms with E-state index in [9.17, 15) is 13.6 Å². The van der Waals surface area contributed by atoms with Gasteiger partial charge in [0.2, 0.25) is 0 Å². The lowest BCUT2D eigenvalue weighted by Gasteiger charge is -2.25. The first-order chi connectivity index (χ1) is 13.8. The number of amides is 1. The van der Waals surface area contributed by atoms with Gasteiger partial charge in [-0.05, 0) is 42.7 Å². The first-order valence-electron chi connectivity index (χ1n) is 9.63. The molecule has 0 atom stereocenters. The van der Waals surface area contributed by atoms with Crippen LogP contribution >= 0.6 is 0 Å². The molecule has 0 unspecified atom stereocenters. The molecule has 29 heavy (non-hydrogen) atoms. The van der Waals surface area contributed by atoms with Crippen molar-refractivity contribution in [1.82, 2.24) is 14.5 Å². The Morgan fingerprint density at radius 2 is 1.83 bits per heavy atom. The van der Waals surface area contributed by atoms with E-state index in [0.29, 0.717) is 42.5 Å². The Bertz CT molecular complexity index is 980. The molecule has 3 aromatic rings. The lowest BCUT2D eigenvalue weighted by atomic mass is 10.1. The zero-order valence-electron chi connectivity index (χ0n) is 16.9. The van der Waals surface area contributed by atoms with Gasteiger partial charge in [0.25, 0.3) is 5.91 Å². The zero-order valence-corrected chi connectivity index (χ0v) is 16.9. The van der Waals surface area contributed by atoms with E-state index in [4.69, 9.17) is 0 Å². The van der Waals surface area contributed by atoms with E-state index in [-0.39, 0.29) is 5.91 Å². The van der Waals surface area contributed by atoms with Crippen LogP contribution in [0.15, 0.2) is 54.9 Å². The summed E-state index contributed by atoms with van der Waals surface area (Å²) in [6.07, 6.45) is 3.43. The van der Waals surface area contributed by atoms with Crippen LogP contribution in [0.25, 0.3) is 0 Å². The van der Waals surface area contributed by atoms with E-state index in [2.05, 4.69) is 18.8 Å². The number of rotatable bonds is 7. The van der Waals surface area contributed by atoms with Crippen LogP contribution in [0.5, 0.6) is 0 Å². The third-order valence-electron chi connectivity index (χ3n) is 4.64. The molecule has 152 valence electrons. The standard InChI is InChI=1S/C23H25F2N3O/c1-16(2)13-28(23(29)19-7-4-17(3)5-8-19)15-22-26-10-11-27(22)14-18-6-9-20(24)21(25)12-18/h4-12,16H,13-15H2,1-3H3. The number of hydrogen-bond donors (Lipinski definition) is 0. The third-order valence-corrected chi connectivity index (χ3v) is 4.64. The van der Waals surface area contributed by atoms with E-state index < -0.39 is 11.6 Å². The highest BCUT2D eigenvalue weighted by Gasteiger charge is 2.19. The molecule has 1 aromatic heterocycles. The second kappa shape index (κ2) is 8.99. The van der Waals surface area contributed by atoms with E-state index >= 15 is 0 Å². The first-order valence-corrected chi connectivity index (χ1v) is 9.63. The smallest absolute Gasteiger partial charge is 0.254 e. The summed E-state index contributed by atoms with van der Waals surface area (Å²) in [5, 5.41) is 0. The van der Waals surface area contributed by atoms with Gasteiger partial charge in [-0.15, -0.1) is 0 Å². The Morgan fingerprint density at radius 1 is 1.10 bits per heavy atom. The Hall–Kier alpha value is -3.02. The SMILES string of the molecule is Cc1ccc(C(=O)N(Cc2nccn2Cc2ccc(F)c(F)c2)CC(C)C)cc1. The lowest BCUT2D eigenvalue weighted by Crippen LogP contribution is -2.34. The van der Waals surface area contributed by atoms with Crippen LogP contribution in [0, 0.1) is 24.5 Å². The summed E-state index contributed by atoms with van der Waals surface area (Å²) < 4.78 is 28.6. The summed E-state index contributed by atoms with van der Waals surface area (Å²) in [7, 11) is 0. The highest BCUT2D eigenvalue weighted by molar-refractivity contribution is 5.94. The average molecular weight is 397 g/mol. The molecule has 0 bridgehead atoms. The molecule has 0 spiro atoms. The summed E-state index contributed by atoms with van der Waals surface area (Å²) in [6, 6.07) is 11.4. The molecule has 0 aliphatic heterocycles. The molecule has 0 aliphatic carbocycles. The van der Waals surface area contributed by atoms with E-state index in [1.54, 1.807) is 23.4 Å². The van der Waals surface area contributed by atoms with Gasteiger partial charge in [0, 0.05) is 31.0 Å². The zero-order chi connectivity index (χ0) is 21.0. The minimum absolute atomic E-state index is 0.0546. The van der Waals surface area contributed by atoms with Crippen molar-refractivity contribution in [3.8, 4) is 0 Å². The molecule has 6 heteroatoms. The van der Waals surface area contributed by atoms with Gasteiger partial charge in [0.15, 0.2) is 11.6 Å². The van der Waals surface area contributed by atoms with Gasteiger partial charge in [0.1, 0.15) is 5.82 Å². The minimum atomic E-state index is -0.875. The molecule has 0 saturated heterocycles. The van der Waals surface area contributed by atoms with Crippen molar-refractivity contribution in [2.75, 3.05) is 6.54 Å². The summed E-state index contributed by atoms with van der Waals surface area (Å²) in [5.74, 6) is -0.817. The molecule has 0 fully saturated rings. The number of nitrogens with zero attached hydrogens (tertiary/aromatic N) is 3. The summed E-state index contributed by atoms with van der Waals surface area (Å²) >= 11 is 0. The monoisotopic (exact) mass is 397 g/mol. The topological polar surface area (TPSA) is 38.1 Å². The Balaban J connectivity index is 1.81. The molecular formula is C23H25F2N3O. The fraction of sp³-hybridized carbons (Fsp3) is 0.304. The molecule has 1 amide bonds. The van der Waals surface area contributed by atoms with Crippen LogP contribution in [0.4, 0.5) is 8.78 Å². The number of imidazole rings is 1. The Morgan fingerprint density at radius 3 is 2.48 bits per heavy atom. The second-order valence-electron chi connectivity index (χ2n) is 7.67. The minimum Gasteiger partial charge on any atom is -0.331 e. The van der Waals surface area contributed by atoms with Crippen molar-refractivity contribution in [3.05, 3.63) is 89.0 Å². The van der Waals surface area contributed by atoms with E-state index in [1.165, 1.54) is 6.07 Å². The van der Waals surface area contributed by atoms with Gasteiger partial charge in [0.05, 0.1) is 6.54 Å². The quantitative estimate of drug-likeness (QED) is 0.573. The molecule has 0 aliphatic rings. The van der Waals surface area contributed by atoms with Gasteiger partial charge in [-0.1, -0.05) is 37.6 Å². The van der Waals surface area contributed by atoms with Crippen molar-refractivity contribution >= 4 is 5.91 Å². The molecule has 0 saturated carbocycles. The average Bonchev–Trinajstić information content (AvgIpc) is 3.10. The predicted molar refractivity (Wildman–Crippen MR) is 108 cm³/mol. The highest BCUT2D eigenvalue weighted by Crippen LogP contribution is 2.15. The molecule has 4 nitrogen and oxygen atoms in total. The maximum Gasteiger partial charge on any atom is 0.254 e. The normalized spacial score (nSPS) is 11.1. The number of carbonyl (C=O) groups excluding carboxylic acids is 1. The second-order valence-corrected chi connectivity index (χ2v) is 7.67. The maximum absolute atomic E-state index is 13.5. The van der Waals surface area contributed by atoms with Crippen LogP contribution < -0.4 is 0 Å². The van der Waals surface area contributed by atoms with Crippen molar-refractivity contribution in [1.29, 1.82) is 0 Å². The fourth-order valence-corrected chi connectivity index (χ4v) is 3.18. The van der Waals surface area contributed by atoms with Crippen LogP contribution in [0.1, 0.15) is 41.2 Å². The number of carbonyl (C=O) groups is 1. The van der Waals surface area contributed by atoms with Crippen LogP contribution in [0.2, 0.25) is 0 Å². The Kier molecular flexibility index (Phi) is 6.42. The molecule has 0 radical (unpaired) electrons. The maximum atomic E-state index is 13.5. The lowest BCUT2D eigenvalue weighted by molar-refractivity contribution is 0.0716. The van der Waals surface area contributed by atoms with Crippen LogP contribution in [-0.4, -0.2) is 26.9 Å². The fourth-order valence-electron chi connectivity index (χ4n) is 3.18. The van der Waals surface area contributed by atoms with Gasteiger partial charge < -0.3 is 9.47 Å². The van der Waals surface area contributed by atoms with Gasteiger partial charge in [-0.2, -0.15) is 0 Å². The van der Waals surface area contributed by atoms with Gasteiger partial charge >= 0.3 is 0 Å². The van der Waals surface area contributed by atoms with E-state index in [0.717, 1.165) is 11.6 Å². The highest BCUT2D eigenvalue weighted by atomic mass is 19.2. The number of aromatic nitrogens is 2. The molecule has 3 rings (SSSR count). The van der Waals surface area contributed by atoms with Gasteiger partial charge in [-0.25, -0.2) is 13.8 Å². The predicted octanol–water partition coefficient (Wildman–Crippen LogP) is 4.82.